The number of carbonyl (C=O) groups is 2. The SMILES string of the molecule is CCCN(CC(=O)OC)C(=O)c1cc(Br)cc(N)c1C. The highest BCUT2D eigenvalue weighted by Crippen LogP contribution is 2.24. The van der Waals surface area contributed by atoms with E-state index in [0.717, 1.165) is 10.9 Å². The summed E-state index contributed by atoms with van der Waals surface area (Å²) in [6.45, 7) is 4.16. The van der Waals surface area contributed by atoms with Crippen molar-refractivity contribution in [3.8, 4) is 0 Å². The maximum atomic E-state index is 12.6. The number of esters is 1. The minimum atomic E-state index is -0.438. The van der Waals surface area contributed by atoms with E-state index in [0.29, 0.717) is 23.4 Å². The molecule has 0 aromatic heterocycles. The minimum absolute atomic E-state index is 0.0605. The van der Waals surface area contributed by atoms with E-state index in [2.05, 4.69) is 20.7 Å². The second-order valence-electron chi connectivity index (χ2n) is 4.47. The number of halogens is 1. The number of nitrogen functional groups attached to an aromatic ring is 1. The molecule has 0 unspecified atom stereocenters. The van der Waals surface area contributed by atoms with Crippen LogP contribution in [-0.4, -0.2) is 37.0 Å². The topological polar surface area (TPSA) is 72.6 Å². The predicted molar refractivity (Wildman–Crippen MR) is 81.5 cm³/mol. The van der Waals surface area contributed by atoms with E-state index >= 15 is 0 Å². The molecule has 5 nitrogen and oxygen atoms in total. The summed E-state index contributed by atoms with van der Waals surface area (Å²) in [7, 11) is 1.30. The van der Waals surface area contributed by atoms with Crippen molar-refractivity contribution in [3.63, 3.8) is 0 Å². The molecular formula is C14H19BrN2O3. The van der Waals surface area contributed by atoms with Gasteiger partial charge in [-0.1, -0.05) is 22.9 Å². The zero-order valence-corrected chi connectivity index (χ0v) is 13.5. The molecule has 0 saturated carbocycles. The van der Waals surface area contributed by atoms with Gasteiger partial charge in [-0.15, -0.1) is 0 Å². The van der Waals surface area contributed by atoms with Crippen molar-refractivity contribution in [1.82, 2.24) is 4.90 Å². The van der Waals surface area contributed by atoms with Gasteiger partial charge in [0.15, 0.2) is 0 Å². The predicted octanol–water partition coefficient (Wildman–Crippen LogP) is 2.36. The number of rotatable bonds is 5. The highest BCUT2D eigenvalue weighted by Gasteiger charge is 2.21. The third-order valence-electron chi connectivity index (χ3n) is 2.97. The van der Waals surface area contributed by atoms with Gasteiger partial charge in [0, 0.05) is 22.3 Å². The van der Waals surface area contributed by atoms with Crippen LogP contribution in [0.25, 0.3) is 0 Å². The fourth-order valence-electron chi connectivity index (χ4n) is 1.84. The fourth-order valence-corrected chi connectivity index (χ4v) is 2.31. The third-order valence-corrected chi connectivity index (χ3v) is 3.43. The number of anilines is 1. The van der Waals surface area contributed by atoms with Gasteiger partial charge < -0.3 is 15.4 Å². The number of hydrogen-bond donors (Lipinski definition) is 1. The van der Waals surface area contributed by atoms with Crippen LogP contribution in [0, 0.1) is 6.92 Å². The second-order valence-corrected chi connectivity index (χ2v) is 5.39. The van der Waals surface area contributed by atoms with Crippen LogP contribution >= 0.6 is 15.9 Å². The van der Waals surface area contributed by atoms with E-state index in [1.54, 1.807) is 19.1 Å². The van der Waals surface area contributed by atoms with Crippen LogP contribution in [-0.2, 0) is 9.53 Å². The molecule has 0 atom stereocenters. The van der Waals surface area contributed by atoms with Crippen LogP contribution in [0.1, 0.15) is 29.3 Å². The molecule has 0 aliphatic heterocycles. The Morgan fingerprint density at radius 3 is 2.60 bits per heavy atom. The van der Waals surface area contributed by atoms with Gasteiger partial charge in [-0.25, -0.2) is 0 Å². The van der Waals surface area contributed by atoms with Crippen molar-refractivity contribution < 1.29 is 14.3 Å². The largest absolute Gasteiger partial charge is 0.468 e. The molecule has 0 spiro atoms. The molecule has 0 aliphatic rings. The van der Waals surface area contributed by atoms with Crippen LogP contribution in [0.15, 0.2) is 16.6 Å². The first-order valence-corrected chi connectivity index (χ1v) is 7.11. The van der Waals surface area contributed by atoms with Crippen molar-refractivity contribution in [2.24, 2.45) is 0 Å². The Morgan fingerprint density at radius 1 is 1.40 bits per heavy atom. The van der Waals surface area contributed by atoms with Crippen LogP contribution < -0.4 is 5.73 Å². The zero-order chi connectivity index (χ0) is 15.3. The lowest BCUT2D eigenvalue weighted by Gasteiger charge is -2.22. The molecule has 6 heteroatoms. The number of nitrogens with two attached hydrogens (primary N) is 1. The number of ether oxygens (including phenoxy) is 1. The lowest BCUT2D eigenvalue weighted by Crippen LogP contribution is -2.37. The Labute approximate surface area is 127 Å². The molecule has 0 fully saturated rings. The Bertz CT molecular complexity index is 517. The van der Waals surface area contributed by atoms with Crippen LogP contribution in [0.3, 0.4) is 0 Å². The standard InChI is InChI=1S/C14H19BrN2O3/c1-4-5-17(8-13(18)20-3)14(19)11-6-10(15)7-12(16)9(11)2/h6-7H,4-5,8,16H2,1-3H3. The van der Waals surface area contributed by atoms with Gasteiger partial charge in [-0.3, -0.25) is 9.59 Å². The fraction of sp³-hybridized carbons (Fsp3) is 0.429. The van der Waals surface area contributed by atoms with Crippen molar-refractivity contribution in [2.45, 2.75) is 20.3 Å². The number of methoxy groups -OCH3 is 1. The van der Waals surface area contributed by atoms with Gasteiger partial charge in [0.25, 0.3) is 5.91 Å². The van der Waals surface area contributed by atoms with E-state index in [4.69, 9.17) is 5.73 Å². The second kappa shape index (κ2) is 7.28. The average Bonchev–Trinajstić information content (AvgIpc) is 2.41. The molecule has 1 aromatic carbocycles. The maximum Gasteiger partial charge on any atom is 0.325 e. The normalized spacial score (nSPS) is 10.2. The molecule has 0 bridgehead atoms. The van der Waals surface area contributed by atoms with E-state index in [1.165, 1.54) is 12.0 Å². The molecule has 1 aromatic rings. The zero-order valence-electron chi connectivity index (χ0n) is 11.9. The van der Waals surface area contributed by atoms with E-state index < -0.39 is 5.97 Å². The summed E-state index contributed by atoms with van der Waals surface area (Å²) in [5.41, 5.74) is 7.61. The molecule has 20 heavy (non-hydrogen) atoms. The highest BCUT2D eigenvalue weighted by atomic mass is 79.9. The third kappa shape index (κ3) is 3.96. The number of hydrogen-bond acceptors (Lipinski definition) is 4. The average molecular weight is 343 g/mol. The van der Waals surface area contributed by atoms with Crippen LogP contribution in [0.5, 0.6) is 0 Å². The lowest BCUT2D eigenvalue weighted by atomic mass is 10.1. The van der Waals surface area contributed by atoms with E-state index in [9.17, 15) is 9.59 Å². The molecule has 0 aliphatic carbocycles. The van der Waals surface area contributed by atoms with Gasteiger partial charge in [0.1, 0.15) is 6.54 Å². The Hall–Kier alpha value is -1.56. The van der Waals surface area contributed by atoms with Gasteiger partial charge in [-0.2, -0.15) is 0 Å². The Kier molecular flexibility index (Phi) is 6.01. The number of carbonyl (C=O) groups excluding carboxylic acids is 2. The summed E-state index contributed by atoms with van der Waals surface area (Å²) < 4.78 is 5.36. The first-order chi connectivity index (χ1) is 9.40. The molecule has 0 heterocycles. The van der Waals surface area contributed by atoms with Crippen LogP contribution in [0.4, 0.5) is 5.69 Å². The monoisotopic (exact) mass is 342 g/mol. The van der Waals surface area contributed by atoms with Gasteiger partial charge >= 0.3 is 5.97 Å². The summed E-state index contributed by atoms with van der Waals surface area (Å²) in [5, 5.41) is 0. The van der Waals surface area contributed by atoms with Crippen LogP contribution in [0.2, 0.25) is 0 Å². The smallest absolute Gasteiger partial charge is 0.325 e. The van der Waals surface area contributed by atoms with Crippen molar-refractivity contribution in [1.29, 1.82) is 0 Å². The number of benzene rings is 1. The summed E-state index contributed by atoms with van der Waals surface area (Å²) >= 11 is 3.33. The first-order valence-electron chi connectivity index (χ1n) is 6.32. The molecule has 110 valence electrons. The quantitative estimate of drug-likeness (QED) is 0.658. The highest BCUT2D eigenvalue weighted by molar-refractivity contribution is 9.10. The number of amides is 1. The summed E-state index contributed by atoms with van der Waals surface area (Å²) in [6.07, 6.45) is 0.755. The lowest BCUT2D eigenvalue weighted by molar-refractivity contribution is -0.141. The Balaban J connectivity index is 3.09. The van der Waals surface area contributed by atoms with Crippen molar-refractivity contribution in [2.75, 3.05) is 25.9 Å². The Morgan fingerprint density at radius 2 is 2.05 bits per heavy atom. The first kappa shape index (κ1) is 16.5. The summed E-state index contributed by atoms with van der Waals surface area (Å²) in [6, 6.07) is 3.46. The van der Waals surface area contributed by atoms with Crippen molar-refractivity contribution in [3.05, 3.63) is 27.7 Å². The molecule has 0 radical (unpaired) electrons. The van der Waals surface area contributed by atoms with Gasteiger partial charge in [0.2, 0.25) is 0 Å². The maximum absolute atomic E-state index is 12.6. The van der Waals surface area contributed by atoms with Gasteiger partial charge in [0.05, 0.1) is 7.11 Å². The summed E-state index contributed by atoms with van der Waals surface area (Å²) in [4.78, 5) is 25.4. The molecule has 1 amide bonds. The van der Waals surface area contributed by atoms with Crippen molar-refractivity contribution >= 4 is 33.5 Å². The molecule has 2 N–H and O–H groups in total. The molecule has 0 saturated heterocycles. The minimum Gasteiger partial charge on any atom is -0.468 e. The number of nitrogens with zero attached hydrogens (tertiary/aromatic N) is 1. The van der Waals surface area contributed by atoms with Gasteiger partial charge in [-0.05, 0) is 31.0 Å². The van der Waals surface area contributed by atoms with E-state index in [-0.39, 0.29) is 12.5 Å². The summed E-state index contributed by atoms with van der Waals surface area (Å²) in [5.74, 6) is -0.657. The van der Waals surface area contributed by atoms with E-state index in [1.807, 2.05) is 6.92 Å². The molecular weight excluding hydrogens is 324 g/mol. The molecule has 1 rings (SSSR count).